The van der Waals surface area contributed by atoms with Gasteiger partial charge in [0.2, 0.25) is 0 Å². The van der Waals surface area contributed by atoms with Crippen molar-refractivity contribution in [2.75, 3.05) is 5.32 Å². The van der Waals surface area contributed by atoms with Crippen molar-refractivity contribution in [1.82, 2.24) is 0 Å². The Morgan fingerprint density at radius 1 is 1.17 bits per heavy atom. The average molecular weight is 353 g/mol. The molecule has 0 radical (unpaired) electrons. The summed E-state index contributed by atoms with van der Waals surface area (Å²) in [6.07, 6.45) is 0. The Morgan fingerprint density at radius 2 is 1.83 bits per heavy atom. The van der Waals surface area contributed by atoms with E-state index in [4.69, 9.17) is 5.11 Å². The molecule has 3 nitrogen and oxygen atoms in total. The molecule has 0 aromatic heterocycles. The second-order valence-corrected chi connectivity index (χ2v) is 5.21. The summed E-state index contributed by atoms with van der Waals surface area (Å²) in [6.45, 7) is 1.89. The van der Waals surface area contributed by atoms with Gasteiger partial charge in [-0.25, -0.2) is 4.79 Å². The number of carbonyl (C=O) groups is 1. The third kappa shape index (κ3) is 3.01. The maximum absolute atomic E-state index is 10.8. The van der Waals surface area contributed by atoms with Gasteiger partial charge in [0.25, 0.3) is 0 Å². The second kappa shape index (κ2) is 5.39. The summed E-state index contributed by atoms with van der Waals surface area (Å²) in [5.74, 6) is -0.904. The summed E-state index contributed by atoms with van der Waals surface area (Å²) in [7, 11) is 0. The Kier molecular flexibility index (Phi) is 3.86. The van der Waals surface area contributed by atoms with E-state index < -0.39 is 5.97 Å². The molecule has 0 unspecified atom stereocenters. The summed E-state index contributed by atoms with van der Waals surface area (Å²) in [5.41, 5.74) is 3.12. The number of halogens is 1. The zero-order valence-corrected chi connectivity index (χ0v) is 11.9. The van der Waals surface area contributed by atoms with Gasteiger partial charge in [-0.05, 0) is 77.5 Å². The number of nitrogens with one attached hydrogen (secondary N) is 1. The second-order valence-electron chi connectivity index (χ2n) is 3.97. The van der Waals surface area contributed by atoms with Crippen molar-refractivity contribution in [3.05, 3.63) is 57.2 Å². The lowest BCUT2D eigenvalue weighted by Crippen LogP contribution is -1.99. The molecule has 0 saturated carbocycles. The van der Waals surface area contributed by atoms with Crippen LogP contribution in [0, 0.1) is 10.5 Å². The highest BCUT2D eigenvalue weighted by Crippen LogP contribution is 2.22. The summed E-state index contributed by atoms with van der Waals surface area (Å²) in [6, 6.07) is 13.1. The number of benzene rings is 2. The first kappa shape index (κ1) is 12.9. The number of aryl methyl sites for hydroxylation is 1. The van der Waals surface area contributed by atoms with Gasteiger partial charge in [0.15, 0.2) is 0 Å². The average Bonchev–Trinajstić information content (AvgIpc) is 2.34. The van der Waals surface area contributed by atoms with Crippen molar-refractivity contribution >= 4 is 39.9 Å². The predicted octanol–water partition coefficient (Wildman–Crippen LogP) is 4.04. The van der Waals surface area contributed by atoms with Gasteiger partial charge in [-0.15, -0.1) is 0 Å². The largest absolute Gasteiger partial charge is 0.478 e. The van der Waals surface area contributed by atoms with E-state index in [-0.39, 0.29) is 0 Å². The van der Waals surface area contributed by atoms with Crippen molar-refractivity contribution in [3.8, 4) is 0 Å². The molecule has 2 N–H and O–H groups in total. The lowest BCUT2D eigenvalue weighted by atomic mass is 10.1. The van der Waals surface area contributed by atoms with E-state index in [1.54, 1.807) is 18.2 Å². The minimum Gasteiger partial charge on any atom is -0.478 e. The molecule has 0 saturated heterocycles. The van der Waals surface area contributed by atoms with Crippen molar-refractivity contribution < 1.29 is 9.90 Å². The molecule has 0 atom stereocenters. The highest BCUT2D eigenvalue weighted by Gasteiger charge is 2.05. The van der Waals surface area contributed by atoms with Crippen LogP contribution in [0.3, 0.4) is 0 Å². The molecule has 0 heterocycles. The fourth-order valence-corrected chi connectivity index (χ4v) is 1.99. The Balaban J connectivity index is 2.24. The lowest BCUT2D eigenvalue weighted by Gasteiger charge is -2.10. The van der Waals surface area contributed by atoms with Gasteiger partial charge in [0, 0.05) is 14.9 Å². The normalized spacial score (nSPS) is 10.1. The molecule has 18 heavy (non-hydrogen) atoms. The molecule has 0 aliphatic heterocycles. The van der Waals surface area contributed by atoms with Crippen LogP contribution in [-0.2, 0) is 0 Å². The quantitative estimate of drug-likeness (QED) is 0.819. The van der Waals surface area contributed by atoms with Crippen molar-refractivity contribution in [3.63, 3.8) is 0 Å². The maximum Gasteiger partial charge on any atom is 0.335 e. The Hall–Kier alpha value is -1.56. The van der Waals surface area contributed by atoms with Gasteiger partial charge in [0.1, 0.15) is 0 Å². The van der Waals surface area contributed by atoms with Crippen molar-refractivity contribution in [2.45, 2.75) is 6.92 Å². The van der Waals surface area contributed by atoms with E-state index >= 15 is 0 Å². The van der Waals surface area contributed by atoms with Gasteiger partial charge >= 0.3 is 5.97 Å². The number of hydrogen-bond donors (Lipinski definition) is 2. The van der Waals surface area contributed by atoms with Gasteiger partial charge in [-0.2, -0.15) is 0 Å². The van der Waals surface area contributed by atoms with Gasteiger partial charge in [0.05, 0.1) is 5.56 Å². The van der Waals surface area contributed by atoms with E-state index in [0.717, 1.165) is 16.9 Å². The van der Waals surface area contributed by atoms with E-state index in [1.807, 2.05) is 31.2 Å². The molecule has 0 fully saturated rings. The third-order valence-corrected chi connectivity index (χ3v) is 3.32. The molecule has 0 amide bonds. The van der Waals surface area contributed by atoms with Crippen LogP contribution >= 0.6 is 22.6 Å². The van der Waals surface area contributed by atoms with Crippen LogP contribution in [0.15, 0.2) is 42.5 Å². The summed E-state index contributed by atoms with van der Waals surface area (Å²) >= 11 is 2.25. The first-order chi connectivity index (χ1) is 8.56. The predicted molar refractivity (Wildman–Crippen MR) is 80.6 cm³/mol. The number of aromatic carboxylic acids is 1. The van der Waals surface area contributed by atoms with Gasteiger partial charge < -0.3 is 10.4 Å². The number of carboxylic acid groups (broad SMARTS) is 1. The number of anilines is 2. The molecule has 92 valence electrons. The SMILES string of the molecule is Cc1cc(C(=O)O)ccc1Nc1ccc(I)cc1. The zero-order chi connectivity index (χ0) is 13.1. The molecular formula is C14H12INO2. The molecule has 4 heteroatoms. The maximum atomic E-state index is 10.8. The third-order valence-electron chi connectivity index (χ3n) is 2.60. The zero-order valence-electron chi connectivity index (χ0n) is 9.77. The first-order valence-corrected chi connectivity index (χ1v) is 6.50. The first-order valence-electron chi connectivity index (χ1n) is 5.43. The van der Waals surface area contributed by atoms with Crippen LogP contribution in [0.2, 0.25) is 0 Å². The van der Waals surface area contributed by atoms with Gasteiger partial charge in [-0.1, -0.05) is 0 Å². The Morgan fingerprint density at radius 3 is 2.39 bits per heavy atom. The van der Waals surface area contributed by atoms with Crippen LogP contribution in [0.25, 0.3) is 0 Å². The number of rotatable bonds is 3. The van der Waals surface area contributed by atoms with Crippen molar-refractivity contribution in [1.29, 1.82) is 0 Å². The summed E-state index contributed by atoms with van der Waals surface area (Å²) in [5, 5.41) is 12.2. The topological polar surface area (TPSA) is 49.3 Å². The molecule has 0 aliphatic carbocycles. The van der Waals surface area contributed by atoms with E-state index in [9.17, 15) is 4.79 Å². The van der Waals surface area contributed by atoms with Gasteiger partial charge in [-0.3, -0.25) is 0 Å². The Bertz CT molecular complexity index is 579. The summed E-state index contributed by atoms with van der Waals surface area (Å²) < 4.78 is 1.18. The highest BCUT2D eigenvalue weighted by atomic mass is 127. The highest BCUT2D eigenvalue weighted by molar-refractivity contribution is 14.1. The number of carboxylic acids is 1. The minimum absolute atomic E-state index is 0.306. The van der Waals surface area contributed by atoms with Crippen LogP contribution in [0.1, 0.15) is 15.9 Å². The summed E-state index contributed by atoms with van der Waals surface area (Å²) in [4.78, 5) is 10.8. The molecule has 2 rings (SSSR count). The van der Waals surface area contributed by atoms with E-state index in [0.29, 0.717) is 5.56 Å². The van der Waals surface area contributed by atoms with Crippen LogP contribution in [0.4, 0.5) is 11.4 Å². The molecule has 0 aliphatic rings. The van der Waals surface area contributed by atoms with Crippen LogP contribution < -0.4 is 5.32 Å². The van der Waals surface area contributed by atoms with E-state index in [1.165, 1.54) is 3.57 Å². The molecular weight excluding hydrogens is 341 g/mol. The van der Waals surface area contributed by atoms with Crippen LogP contribution in [-0.4, -0.2) is 11.1 Å². The minimum atomic E-state index is -0.904. The Labute approximate surface area is 119 Å². The fraction of sp³-hybridized carbons (Fsp3) is 0.0714. The molecule has 0 spiro atoms. The molecule has 2 aromatic carbocycles. The standard InChI is InChI=1S/C14H12INO2/c1-9-8-10(14(17)18)2-7-13(9)16-12-5-3-11(15)4-6-12/h2-8,16H,1H3,(H,17,18). The molecule has 2 aromatic rings. The monoisotopic (exact) mass is 353 g/mol. The fourth-order valence-electron chi connectivity index (χ4n) is 1.63. The van der Waals surface area contributed by atoms with Crippen LogP contribution in [0.5, 0.6) is 0 Å². The lowest BCUT2D eigenvalue weighted by molar-refractivity contribution is 0.0697. The van der Waals surface area contributed by atoms with Crippen molar-refractivity contribution in [2.24, 2.45) is 0 Å². The molecule has 0 bridgehead atoms. The smallest absolute Gasteiger partial charge is 0.335 e. The number of hydrogen-bond acceptors (Lipinski definition) is 2. The van der Waals surface area contributed by atoms with E-state index in [2.05, 4.69) is 27.9 Å².